The zero-order valence-electron chi connectivity index (χ0n) is 14.2. The Kier molecular flexibility index (Phi) is 5.36. The van der Waals surface area contributed by atoms with Crippen LogP contribution in [0.4, 0.5) is 4.39 Å². The van der Waals surface area contributed by atoms with Gasteiger partial charge in [0.2, 0.25) is 0 Å². The monoisotopic (exact) mass is 359 g/mol. The number of hydrogen-bond acceptors (Lipinski definition) is 5. The van der Waals surface area contributed by atoms with Crippen molar-refractivity contribution in [1.29, 1.82) is 0 Å². The molecule has 6 nitrogen and oxygen atoms in total. The van der Waals surface area contributed by atoms with Crippen LogP contribution in [0.5, 0.6) is 11.5 Å². The van der Waals surface area contributed by atoms with Crippen molar-refractivity contribution in [3.8, 4) is 11.5 Å². The lowest BCUT2D eigenvalue weighted by Gasteiger charge is -2.26. The van der Waals surface area contributed by atoms with E-state index >= 15 is 0 Å². The molecule has 0 aliphatic carbocycles. The molecule has 0 radical (unpaired) electrons. The predicted molar refractivity (Wildman–Crippen MR) is 90.8 cm³/mol. The minimum Gasteiger partial charge on any atom is -0.486 e. The highest BCUT2D eigenvalue weighted by atomic mass is 19.1. The van der Waals surface area contributed by atoms with Gasteiger partial charge in [0.25, 0.3) is 5.91 Å². The second-order valence-electron chi connectivity index (χ2n) is 5.84. The van der Waals surface area contributed by atoms with Crippen molar-refractivity contribution in [2.45, 2.75) is 13.0 Å². The molecule has 2 aromatic rings. The van der Waals surface area contributed by atoms with Crippen LogP contribution >= 0.6 is 0 Å². The third-order valence-corrected chi connectivity index (χ3v) is 3.84. The smallest absolute Gasteiger partial charge is 0.338 e. The summed E-state index contributed by atoms with van der Waals surface area (Å²) >= 11 is 0. The highest BCUT2D eigenvalue weighted by molar-refractivity contribution is 5.91. The summed E-state index contributed by atoms with van der Waals surface area (Å²) in [5.74, 6) is -0.461. The van der Waals surface area contributed by atoms with Crippen molar-refractivity contribution >= 4 is 11.9 Å². The number of halogens is 1. The summed E-state index contributed by atoms with van der Waals surface area (Å²) in [6.45, 7) is 1.65. The van der Waals surface area contributed by atoms with Gasteiger partial charge in [0.05, 0.1) is 12.1 Å². The number of fused-ring (bicyclic) bond motifs is 1. The van der Waals surface area contributed by atoms with E-state index in [1.54, 1.807) is 19.1 Å². The minimum atomic E-state index is -0.759. The Morgan fingerprint density at radius 3 is 2.77 bits per heavy atom. The van der Waals surface area contributed by atoms with Crippen molar-refractivity contribution < 1.29 is 28.2 Å². The van der Waals surface area contributed by atoms with Gasteiger partial charge < -0.3 is 19.5 Å². The van der Waals surface area contributed by atoms with E-state index in [-0.39, 0.29) is 18.2 Å². The molecular weight excluding hydrogens is 341 g/mol. The van der Waals surface area contributed by atoms with Gasteiger partial charge >= 0.3 is 5.97 Å². The van der Waals surface area contributed by atoms with Gasteiger partial charge in [-0.3, -0.25) is 4.79 Å². The van der Waals surface area contributed by atoms with Gasteiger partial charge in [-0.15, -0.1) is 0 Å². The fraction of sp³-hybridized carbons (Fsp3) is 0.263. The van der Waals surface area contributed by atoms with E-state index in [9.17, 15) is 14.0 Å². The van der Waals surface area contributed by atoms with E-state index in [1.165, 1.54) is 12.1 Å². The lowest BCUT2D eigenvalue weighted by Crippen LogP contribution is -2.42. The van der Waals surface area contributed by atoms with E-state index in [0.29, 0.717) is 23.7 Å². The van der Waals surface area contributed by atoms with Crippen LogP contribution in [0.15, 0.2) is 42.5 Å². The van der Waals surface area contributed by atoms with Gasteiger partial charge in [-0.25, -0.2) is 9.18 Å². The second kappa shape index (κ2) is 7.86. The number of amides is 1. The zero-order valence-corrected chi connectivity index (χ0v) is 14.2. The number of esters is 1. The van der Waals surface area contributed by atoms with Gasteiger partial charge in [0.15, 0.2) is 18.1 Å². The zero-order chi connectivity index (χ0) is 18.5. The number of rotatable bonds is 5. The predicted octanol–water partition coefficient (Wildman–Crippen LogP) is 2.25. The lowest BCUT2D eigenvalue weighted by atomic mass is 10.1. The minimum absolute atomic E-state index is 0.0570. The molecule has 0 aromatic heterocycles. The molecule has 1 amide bonds. The van der Waals surface area contributed by atoms with Crippen LogP contribution in [-0.4, -0.2) is 37.7 Å². The van der Waals surface area contributed by atoms with Crippen LogP contribution in [0.3, 0.4) is 0 Å². The number of carbonyl (C=O) groups excluding carboxylic acids is 2. The summed E-state index contributed by atoms with van der Waals surface area (Å²) in [6, 6.07) is 11.3. The Balaban J connectivity index is 1.43. The van der Waals surface area contributed by atoms with Gasteiger partial charge in [0, 0.05) is 0 Å². The third-order valence-electron chi connectivity index (χ3n) is 3.84. The third kappa shape index (κ3) is 4.30. The topological polar surface area (TPSA) is 73.9 Å². The van der Waals surface area contributed by atoms with E-state index in [4.69, 9.17) is 14.2 Å². The van der Waals surface area contributed by atoms with Gasteiger partial charge in [-0.05, 0) is 36.8 Å². The van der Waals surface area contributed by atoms with Crippen LogP contribution in [0, 0.1) is 12.7 Å². The largest absolute Gasteiger partial charge is 0.486 e. The molecule has 0 fully saturated rings. The number of ether oxygens (including phenoxy) is 3. The van der Waals surface area contributed by atoms with Crippen molar-refractivity contribution in [3.63, 3.8) is 0 Å². The first kappa shape index (κ1) is 17.7. The molecule has 136 valence electrons. The Morgan fingerprint density at radius 2 is 2.00 bits per heavy atom. The first-order valence-corrected chi connectivity index (χ1v) is 8.11. The second-order valence-corrected chi connectivity index (χ2v) is 5.84. The Morgan fingerprint density at radius 1 is 1.23 bits per heavy atom. The lowest BCUT2D eigenvalue weighted by molar-refractivity contribution is -0.124. The van der Waals surface area contributed by atoms with Gasteiger partial charge in [-0.1, -0.05) is 18.2 Å². The van der Waals surface area contributed by atoms with Crippen molar-refractivity contribution in [2.24, 2.45) is 0 Å². The Hall–Kier alpha value is -3.09. The average Bonchev–Trinajstić information content (AvgIpc) is 2.66. The number of para-hydroxylation sites is 2. The maximum absolute atomic E-state index is 13.5. The molecule has 2 aromatic carbocycles. The highest BCUT2D eigenvalue weighted by Crippen LogP contribution is 2.30. The highest BCUT2D eigenvalue weighted by Gasteiger charge is 2.21. The summed E-state index contributed by atoms with van der Waals surface area (Å²) in [5, 5.41) is 2.62. The molecule has 3 rings (SSSR count). The van der Waals surface area contributed by atoms with E-state index < -0.39 is 24.3 Å². The molecule has 1 aliphatic rings. The SMILES string of the molecule is Cc1ccc(C(=O)OCC(=O)NCC2COc3ccccc3O2)cc1F. The van der Waals surface area contributed by atoms with Crippen LogP contribution in [0.1, 0.15) is 15.9 Å². The molecule has 1 N–H and O–H groups in total. The van der Waals surface area contributed by atoms with Gasteiger partial charge in [0.1, 0.15) is 18.5 Å². The fourth-order valence-electron chi connectivity index (χ4n) is 2.38. The molecule has 1 unspecified atom stereocenters. The molecule has 0 spiro atoms. The van der Waals surface area contributed by atoms with Crippen molar-refractivity contribution in [1.82, 2.24) is 5.32 Å². The summed E-state index contributed by atoms with van der Waals surface area (Å²) in [5.41, 5.74) is 0.483. The normalized spacial score (nSPS) is 15.2. The maximum atomic E-state index is 13.5. The van der Waals surface area contributed by atoms with Crippen LogP contribution in [-0.2, 0) is 9.53 Å². The first-order chi connectivity index (χ1) is 12.5. The number of aryl methyl sites for hydroxylation is 1. The molecule has 1 atom stereocenters. The number of benzene rings is 2. The summed E-state index contributed by atoms with van der Waals surface area (Å²) in [4.78, 5) is 23.7. The Bertz CT molecular complexity index is 823. The van der Waals surface area contributed by atoms with Crippen molar-refractivity contribution in [3.05, 3.63) is 59.4 Å². The van der Waals surface area contributed by atoms with Crippen LogP contribution in [0.25, 0.3) is 0 Å². The summed E-state index contributed by atoms with van der Waals surface area (Å²) in [6.07, 6.45) is -0.337. The van der Waals surface area contributed by atoms with Gasteiger partial charge in [-0.2, -0.15) is 0 Å². The quantitative estimate of drug-likeness (QED) is 0.829. The summed E-state index contributed by atoms with van der Waals surface area (Å²) < 4.78 is 29.6. The molecular formula is C19H18FNO5. The summed E-state index contributed by atoms with van der Waals surface area (Å²) in [7, 11) is 0. The molecule has 0 bridgehead atoms. The standard InChI is InChI=1S/C19H18FNO5/c1-12-6-7-13(8-15(12)20)19(23)25-11-18(22)21-9-14-10-24-16-4-2-3-5-17(16)26-14/h2-8,14H,9-11H2,1H3,(H,21,22). The molecule has 26 heavy (non-hydrogen) atoms. The molecule has 7 heteroatoms. The fourth-order valence-corrected chi connectivity index (χ4v) is 2.38. The number of carbonyl (C=O) groups is 2. The molecule has 0 saturated heterocycles. The van der Waals surface area contributed by atoms with E-state index in [2.05, 4.69) is 5.32 Å². The van der Waals surface area contributed by atoms with Crippen LogP contribution in [0.2, 0.25) is 0 Å². The molecule has 1 heterocycles. The van der Waals surface area contributed by atoms with Crippen molar-refractivity contribution in [2.75, 3.05) is 19.8 Å². The van der Waals surface area contributed by atoms with Crippen LogP contribution < -0.4 is 14.8 Å². The van der Waals surface area contributed by atoms with E-state index in [0.717, 1.165) is 6.07 Å². The Labute approximate surface area is 149 Å². The first-order valence-electron chi connectivity index (χ1n) is 8.11. The average molecular weight is 359 g/mol. The molecule has 1 aliphatic heterocycles. The maximum Gasteiger partial charge on any atom is 0.338 e. The molecule has 0 saturated carbocycles. The number of nitrogens with one attached hydrogen (secondary N) is 1. The number of hydrogen-bond donors (Lipinski definition) is 1. The van der Waals surface area contributed by atoms with E-state index in [1.807, 2.05) is 12.1 Å².